The Morgan fingerprint density at radius 1 is 0.923 bits per heavy atom. The Morgan fingerprint density at radius 3 is 2.31 bits per heavy atom. The molecule has 26 heavy (non-hydrogen) atoms. The van der Waals surface area contributed by atoms with Crippen LogP contribution in [0.15, 0.2) is 54.6 Å². The van der Waals surface area contributed by atoms with Gasteiger partial charge in [-0.2, -0.15) is 4.31 Å². The summed E-state index contributed by atoms with van der Waals surface area (Å²) in [6, 6.07) is 16.7. The molecule has 2 aromatic rings. The van der Waals surface area contributed by atoms with Crippen LogP contribution in [-0.2, 0) is 15.8 Å². The summed E-state index contributed by atoms with van der Waals surface area (Å²) in [4.78, 5) is 14.4. The lowest BCUT2D eigenvalue weighted by Crippen LogP contribution is -2.37. The molecule has 1 amide bonds. The molecule has 3 rings (SSSR count). The second-order valence-electron chi connectivity index (χ2n) is 6.65. The van der Waals surface area contributed by atoms with E-state index in [-0.39, 0.29) is 11.7 Å². The number of carbonyl (C=O) groups excluding carboxylic acids is 1. The van der Waals surface area contributed by atoms with Crippen LogP contribution in [0.2, 0.25) is 0 Å². The fraction of sp³-hybridized carbons (Fsp3) is 0.350. The van der Waals surface area contributed by atoms with Crippen molar-refractivity contribution in [3.8, 4) is 0 Å². The van der Waals surface area contributed by atoms with E-state index in [1.54, 1.807) is 4.90 Å². The number of aryl methyl sites for hydroxylation is 1. The second kappa shape index (κ2) is 8.01. The first-order valence-electron chi connectivity index (χ1n) is 8.83. The predicted molar refractivity (Wildman–Crippen MR) is 102 cm³/mol. The number of hydrogen-bond acceptors (Lipinski definition) is 3. The van der Waals surface area contributed by atoms with E-state index >= 15 is 0 Å². The fourth-order valence-electron chi connectivity index (χ4n) is 3.13. The molecule has 138 valence electrons. The molecule has 0 aliphatic carbocycles. The van der Waals surface area contributed by atoms with E-state index in [2.05, 4.69) is 0 Å². The quantitative estimate of drug-likeness (QED) is 0.829. The maximum absolute atomic E-state index is 12.7. The van der Waals surface area contributed by atoms with Gasteiger partial charge in [-0.05, 0) is 31.0 Å². The Labute approximate surface area is 155 Å². The summed E-state index contributed by atoms with van der Waals surface area (Å²) in [5, 5.41) is 0. The molecular formula is C20H24N2O3S. The molecule has 0 saturated carbocycles. The highest BCUT2D eigenvalue weighted by Crippen LogP contribution is 2.15. The van der Waals surface area contributed by atoms with Gasteiger partial charge in [0.1, 0.15) is 0 Å². The largest absolute Gasteiger partial charge is 0.337 e. The monoisotopic (exact) mass is 372 g/mol. The van der Waals surface area contributed by atoms with Crippen molar-refractivity contribution >= 4 is 15.9 Å². The van der Waals surface area contributed by atoms with Gasteiger partial charge in [-0.15, -0.1) is 0 Å². The van der Waals surface area contributed by atoms with Crippen molar-refractivity contribution in [3.05, 3.63) is 71.3 Å². The lowest BCUT2D eigenvalue weighted by molar-refractivity contribution is 0.0764. The van der Waals surface area contributed by atoms with Crippen molar-refractivity contribution in [2.45, 2.75) is 19.1 Å². The summed E-state index contributed by atoms with van der Waals surface area (Å²) in [6.07, 6.45) is 0.644. The van der Waals surface area contributed by atoms with Crippen LogP contribution in [0.3, 0.4) is 0 Å². The SMILES string of the molecule is Cc1ccc(C(=O)N2CCCN(S(=O)(=O)Cc3ccccc3)CC2)cc1. The van der Waals surface area contributed by atoms with Crippen LogP contribution >= 0.6 is 0 Å². The van der Waals surface area contributed by atoms with Gasteiger partial charge < -0.3 is 4.90 Å². The predicted octanol–water partition coefficient (Wildman–Crippen LogP) is 2.67. The number of hydrogen-bond donors (Lipinski definition) is 0. The molecular weight excluding hydrogens is 348 g/mol. The van der Waals surface area contributed by atoms with Gasteiger partial charge in [-0.25, -0.2) is 8.42 Å². The first-order chi connectivity index (χ1) is 12.5. The lowest BCUT2D eigenvalue weighted by Gasteiger charge is -2.22. The minimum atomic E-state index is -3.38. The zero-order valence-corrected chi connectivity index (χ0v) is 15.8. The Kier molecular flexibility index (Phi) is 5.74. The third-order valence-corrected chi connectivity index (χ3v) is 6.48. The maximum atomic E-state index is 12.7. The van der Waals surface area contributed by atoms with Crippen molar-refractivity contribution in [2.24, 2.45) is 0 Å². The first kappa shape index (κ1) is 18.6. The molecule has 5 nitrogen and oxygen atoms in total. The topological polar surface area (TPSA) is 57.7 Å². The third-order valence-electron chi connectivity index (χ3n) is 4.63. The highest BCUT2D eigenvalue weighted by atomic mass is 32.2. The van der Waals surface area contributed by atoms with Crippen molar-refractivity contribution in [3.63, 3.8) is 0 Å². The Morgan fingerprint density at radius 2 is 1.62 bits per heavy atom. The first-order valence-corrected chi connectivity index (χ1v) is 10.4. The van der Waals surface area contributed by atoms with E-state index in [4.69, 9.17) is 0 Å². The molecule has 0 N–H and O–H groups in total. The van der Waals surface area contributed by atoms with Crippen LogP contribution in [0.5, 0.6) is 0 Å². The Hall–Kier alpha value is -2.18. The molecule has 0 aromatic heterocycles. The molecule has 1 saturated heterocycles. The van der Waals surface area contributed by atoms with Gasteiger partial charge in [0, 0.05) is 31.7 Å². The number of sulfonamides is 1. The molecule has 0 radical (unpaired) electrons. The molecule has 0 spiro atoms. The summed E-state index contributed by atoms with van der Waals surface area (Å²) >= 11 is 0. The smallest absolute Gasteiger partial charge is 0.253 e. The fourth-order valence-corrected chi connectivity index (χ4v) is 4.69. The summed E-state index contributed by atoms with van der Waals surface area (Å²) in [5.41, 5.74) is 2.54. The van der Waals surface area contributed by atoms with Gasteiger partial charge in [-0.1, -0.05) is 48.0 Å². The highest BCUT2D eigenvalue weighted by molar-refractivity contribution is 7.88. The van der Waals surface area contributed by atoms with Gasteiger partial charge in [0.25, 0.3) is 5.91 Å². The number of carbonyl (C=O) groups is 1. The van der Waals surface area contributed by atoms with Gasteiger partial charge in [0.2, 0.25) is 10.0 Å². The molecule has 1 fully saturated rings. The van der Waals surface area contributed by atoms with E-state index < -0.39 is 10.0 Å². The van der Waals surface area contributed by atoms with E-state index in [1.165, 1.54) is 4.31 Å². The van der Waals surface area contributed by atoms with Gasteiger partial charge >= 0.3 is 0 Å². The average molecular weight is 372 g/mol. The standard InChI is InChI=1S/C20H24N2O3S/c1-17-8-10-19(11-9-17)20(23)21-12-5-13-22(15-14-21)26(24,25)16-18-6-3-2-4-7-18/h2-4,6-11H,5,12-16H2,1H3. The Balaban J connectivity index is 1.66. The number of benzene rings is 2. The second-order valence-corrected chi connectivity index (χ2v) is 8.62. The molecule has 0 unspecified atom stereocenters. The van der Waals surface area contributed by atoms with Crippen LogP contribution in [0, 0.1) is 6.92 Å². The molecule has 0 bridgehead atoms. The summed E-state index contributed by atoms with van der Waals surface area (Å²) in [5.74, 6) is -0.0352. The number of nitrogens with zero attached hydrogens (tertiary/aromatic N) is 2. The van der Waals surface area contributed by atoms with Gasteiger partial charge in [0.05, 0.1) is 5.75 Å². The van der Waals surface area contributed by atoms with Gasteiger partial charge in [-0.3, -0.25) is 4.79 Å². The van der Waals surface area contributed by atoms with Crippen molar-refractivity contribution in [1.82, 2.24) is 9.21 Å². The van der Waals surface area contributed by atoms with Crippen LogP contribution < -0.4 is 0 Å². The summed E-state index contributed by atoms with van der Waals surface area (Å²) < 4.78 is 26.9. The van der Waals surface area contributed by atoms with Crippen LogP contribution in [0.1, 0.15) is 27.9 Å². The summed E-state index contributed by atoms with van der Waals surface area (Å²) in [7, 11) is -3.38. The number of rotatable bonds is 4. The molecule has 2 aromatic carbocycles. The normalized spacial score (nSPS) is 16.3. The van der Waals surface area contributed by atoms with Gasteiger partial charge in [0.15, 0.2) is 0 Å². The minimum absolute atomic E-state index is 0.000249. The molecule has 1 heterocycles. The molecule has 1 aliphatic heterocycles. The van der Waals surface area contributed by atoms with Crippen LogP contribution in [-0.4, -0.2) is 49.7 Å². The number of amides is 1. The maximum Gasteiger partial charge on any atom is 0.253 e. The highest BCUT2D eigenvalue weighted by Gasteiger charge is 2.27. The Bertz CT molecular complexity index is 848. The van der Waals surface area contributed by atoms with E-state index in [0.717, 1.165) is 11.1 Å². The molecule has 6 heteroatoms. The average Bonchev–Trinajstić information content (AvgIpc) is 2.89. The third kappa shape index (κ3) is 4.51. The summed E-state index contributed by atoms with van der Waals surface area (Å²) in [6.45, 7) is 3.76. The lowest BCUT2D eigenvalue weighted by atomic mass is 10.1. The van der Waals surface area contributed by atoms with Crippen LogP contribution in [0.25, 0.3) is 0 Å². The van der Waals surface area contributed by atoms with Crippen molar-refractivity contribution in [2.75, 3.05) is 26.2 Å². The van der Waals surface area contributed by atoms with Crippen LogP contribution in [0.4, 0.5) is 0 Å². The van der Waals surface area contributed by atoms with Crippen molar-refractivity contribution in [1.29, 1.82) is 0 Å². The zero-order valence-electron chi connectivity index (χ0n) is 15.0. The van der Waals surface area contributed by atoms with E-state index in [0.29, 0.717) is 38.2 Å². The van der Waals surface area contributed by atoms with E-state index in [1.807, 2.05) is 61.5 Å². The molecule has 0 atom stereocenters. The van der Waals surface area contributed by atoms with Crippen molar-refractivity contribution < 1.29 is 13.2 Å². The van der Waals surface area contributed by atoms with E-state index in [9.17, 15) is 13.2 Å². The zero-order chi connectivity index (χ0) is 18.6. The minimum Gasteiger partial charge on any atom is -0.337 e. The molecule has 1 aliphatic rings.